The number of fused-ring (bicyclic) bond motifs is 1. The van der Waals surface area contributed by atoms with Crippen LogP contribution in [0.2, 0.25) is 0 Å². The van der Waals surface area contributed by atoms with Crippen LogP contribution in [0.15, 0.2) is 48.9 Å². The second-order valence-electron chi connectivity index (χ2n) is 8.75. The highest BCUT2D eigenvalue weighted by Crippen LogP contribution is 2.34. The van der Waals surface area contributed by atoms with E-state index in [1.54, 1.807) is 24.3 Å². The van der Waals surface area contributed by atoms with Crippen molar-refractivity contribution in [2.45, 2.75) is 38.0 Å². The molecule has 9 nitrogen and oxygen atoms in total. The van der Waals surface area contributed by atoms with Crippen LogP contribution in [-0.2, 0) is 6.18 Å². The lowest BCUT2D eigenvalue weighted by Crippen LogP contribution is -2.38. The van der Waals surface area contributed by atoms with Crippen LogP contribution in [0.25, 0.3) is 22.3 Å². The van der Waals surface area contributed by atoms with Crippen molar-refractivity contribution in [3.05, 3.63) is 60.0 Å². The van der Waals surface area contributed by atoms with Crippen LogP contribution in [0.1, 0.15) is 41.7 Å². The highest BCUT2D eigenvalue weighted by molar-refractivity contribution is 6.04. The smallest absolute Gasteiger partial charge is 0.383 e. The fourth-order valence-corrected chi connectivity index (χ4v) is 4.29. The molecule has 12 heteroatoms. The number of aromatic nitrogens is 5. The summed E-state index contributed by atoms with van der Waals surface area (Å²) in [6.45, 7) is 2.90. The van der Waals surface area contributed by atoms with Crippen LogP contribution in [0, 0.1) is 0 Å². The molecule has 1 aliphatic heterocycles. The van der Waals surface area contributed by atoms with Gasteiger partial charge in [0.15, 0.2) is 5.65 Å². The summed E-state index contributed by atoms with van der Waals surface area (Å²) in [5.74, 6) is -0.478. The molecular weight excluding hydrogens is 473 g/mol. The Hall–Kier alpha value is -4.06. The van der Waals surface area contributed by atoms with Crippen LogP contribution in [0.3, 0.4) is 0 Å². The molecule has 1 amide bonds. The van der Waals surface area contributed by atoms with Gasteiger partial charge < -0.3 is 16.4 Å². The first kappa shape index (κ1) is 23.7. The third-order valence-corrected chi connectivity index (χ3v) is 6.25. The van der Waals surface area contributed by atoms with Gasteiger partial charge in [0.05, 0.1) is 17.0 Å². The molecule has 0 aliphatic carbocycles. The number of hydrogen-bond acceptors (Lipinski definition) is 7. The number of piperidine rings is 1. The van der Waals surface area contributed by atoms with Gasteiger partial charge in [-0.1, -0.05) is 12.1 Å². The molecule has 4 aromatic rings. The molecule has 1 aliphatic rings. The standard InChI is InChI=1S/C24H23F3N8O/c1-13-2-7-17(11-30-13)35-22-19(21(28)31-12-32-22)20(34-35)14-3-5-15(6-4-14)23(36)33-18-10-16(8-9-29-18)24(25,26)27/h3-6,8-10,12-13,17,30H,2,7,11H2,1H3,(H2,28,31,32)(H,29,33,36)/t13-,17+/m1/s1. The molecule has 4 N–H and O–H groups in total. The number of benzene rings is 1. The summed E-state index contributed by atoms with van der Waals surface area (Å²) in [6, 6.07) is 8.70. The lowest BCUT2D eigenvalue weighted by Gasteiger charge is -2.27. The Labute approximate surface area is 204 Å². The average molecular weight is 496 g/mol. The third-order valence-electron chi connectivity index (χ3n) is 6.25. The van der Waals surface area contributed by atoms with Crippen LogP contribution in [0.5, 0.6) is 0 Å². The highest BCUT2D eigenvalue weighted by Gasteiger charge is 2.31. The lowest BCUT2D eigenvalue weighted by molar-refractivity contribution is -0.137. The second-order valence-corrected chi connectivity index (χ2v) is 8.75. The topological polar surface area (TPSA) is 124 Å². The zero-order valence-electron chi connectivity index (χ0n) is 19.3. The molecule has 0 radical (unpaired) electrons. The van der Waals surface area contributed by atoms with Gasteiger partial charge in [-0.05, 0) is 44.0 Å². The van der Waals surface area contributed by atoms with Crippen molar-refractivity contribution < 1.29 is 18.0 Å². The maximum absolute atomic E-state index is 12.9. The van der Waals surface area contributed by atoms with Crippen molar-refractivity contribution in [1.82, 2.24) is 30.0 Å². The van der Waals surface area contributed by atoms with Gasteiger partial charge in [-0.25, -0.2) is 19.6 Å². The first-order valence-electron chi connectivity index (χ1n) is 11.4. The molecule has 5 rings (SSSR count). The Morgan fingerprint density at radius 3 is 2.61 bits per heavy atom. The van der Waals surface area contributed by atoms with Gasteiger partial charge in [0, 0.05) is 29.9 Å². The summed E-state index contributed by atoms with van der Waals surface area (Å²) < 4.78 is 40.7. The molecule has 0 unspecified atom stereocenters. The predicted molar refractivity (Wildman–Crippen MR) is 128 cm³/mol. The number of nitrogens with zero attached hydrogens (tertiary/aromatic N) is 5. The van der Waals surface area contributed by atoms with E-state index < -0.39 is 17.6 Å². The van der Waals surface area contributed by atoms with Gasteiger partial charge in [-0.15, -0.1) is 0 Å². The molecule has 0 saturated carbocycles. The van der Waals surface area contributed by atoms with E-state index in [9.17, 15) is 18.0 Å². The Morgan fingerprint density at radius 2 is 1.92 bits per heavy atom. The maximum Gasteiger partial charge on any atom is 0.416 e. The molecule has 1 aromatic carbocycles. The number of amides is 1. The number of anilines is 2. The number of rotatable bonds is 4. The normalized spacial score (nSPS) is 18.3. The highest BCUT2D eigenvalue weighted by atomic mass is 19.4. The van der Waals surface area contributed by atoms with Gasteiger partial charge in [0.1, 0.15) is 23.7 Å². The van der Waals surface area contributed by atoms with E-state index in [0.29, 0.717) is 34.2 Å². The molecular formula is C24H23F3N8O. The van der Waals surface area contributed by atoms with E-state index in [1.165, 1.54) is 6.33 Å². The van der Waals surface area contributed by atoms with E-state index >= 15 is 0 Å². The van der Waals surface area contributed by atoms with Crippen molar-refractivity contribution >= 4 is 28.6 Å². The largest absolute Gasteiger partial charge is 0.416 e. The monoisotopic (exact) mass is 496 g/mol. The van der Waals surface area contributed by atoms with Crippen LogP contribution in [0.4, 0.5) is 24.8 Å². The number of pyridine rings is 1. The minimum atomic E-state index is -4.53. The van der Waals surface area contributed by atoms with E-state index in [-0.39, 0.29) is 17.4 Å². The Morgan fingerprint density at radius 1 is 1.14 bits per heavy atom. The lowest BCUT2D eigenvalue weighted by atomic mass is 10.0. The van der Waals surface area contributed by atoms with E-state index in [1.807, 2.05) is 4.68 Å². The van der Waals surface area contributed by atoms with Crippen molar-refractivity contribution in [3.63, 3.8) is 0 Å². The predicted octanol–water partition coefficient (Wildman–Crippen LogP) is 4.05. The van der Waals surface area contributed by atoms with E-state index in [4.69, 9.17) is 10.8 Å². The van der Waals surface area contributed by atoms with Crippen molar-refractivity contribution in [2.75, 3.05) is 17.6 Å². The van der Waals surface area contributed by atoms with Gasteiger partial charge in [-0.3, -0.25) is 4.79 Å². The molecule has 4 heterocycles. The fraction of sp³-hybridized carbons (Fsp3) is 0.292. The molecule has 1 saturated heterocycles. The van der Waals surface area contributed by atoms with Crippen LogP contribution >= 0.6 is 0 Å². The quantitative estimate of drug-likeness (QED) is 0.389. The van der Waals surface area contributed by atoms with Crippen molar-refractivity contribution in [1.29, 1.82) is 0 Å². The minimum absolute atomic E-state index is 0.108. The van der Waals surface area contributed by atoms with Crippen LogP contribution < -0.4 is 16.4 Å². The SMILES string of the molecule is C[C@@H]1CC[C@H](n2nc(-c3ccc(C(=O)Nc4cc(C(F)(F)F)ccn4)cc3)c3c(N)ncnc32)CN1. The summed E-state index contributed by atoms with van der Waals surface area (Å²) in [4.78, 5) is 25.0. The number of halogens is 3. The van der Waals surface area contributed by atoms with Gasteiger partial charge in [-0.2, -0.15) is 18.3 Å². The fourth-order valence-electron chi connectivity index (χ4n) is 4.29. The molecule has 1 fully saturated rings. The Bertz CT molecular complexity index is 1410. The first-order chi connectivity index (χ1) is 17.2. The molecule has 0 bridgehead atoms. The Kier molecular flexibility index (Phi) is 6.04. The van der Waals surface area contributed by atoms with Gasteiger partial charge in [0.25, 0.3) is 5.91 Å². The van der Waals surface area contributed by atoms with Gasteiger partial charge in [0.2, 0.25) is 0 Å². The average Bonchev–Trinajstić information content (AvgIpc) is 3.25. The van der Waals surface area contributed by atoms with Crippen molar-refractivity contribution in [2.24, 2.45) is 0 Å². The molecule has 2 atom stereocenters. The number of nitrogens with two attached hydrogens (primary N) is 1. The zero-order valence-corrected chi connectivity index (χ0v) is 19.3. The first-order valence-corrected chi connectivity index (χ1v) is 11.4. The zero-order chi connectivity index (χ0) is 25.4. The molecule has 36 heavy (non-hydrogen) atoms. The number of nitrogen functional groups attached to an aromatic ring is 1. The summed E-state index contributed by atoms with van der Waals surface area (Å²) in [6.07, 6.45) is -0.178. The number of carbonyl (C=O) groups is 1. The van der Waals surface area contributed by atoms with E-state index in [2.05, 4.69) is 32.5 Å². The van der Waals surface area contributed by atoms with Gasteiger partial charge >= 0.3 is 6.18 Å². The number of carbonyl (C=O) groups excluding carboxylic acids is 1. The number of alkyl halides is 3. The second kappa shape index (κ2) is 9.19. The maximum atomic E-state index is 12.9. The molecule has 0 spiro atoms. The Balaban J connectivity index is 1.42. The summed E-state index contributed by atoms with van der Waals surface area (Å²) >= 11 is 0. The minimum Gasteiger partial charge on any atom is -0.383 e. The van der Waals surface area contributed by atoms with Crippen molar-refractivity contribution in [3.8, 4) is 11.3 Å². The molecule has 186 valence electrons. The van der Waals surface area contributed by atoms with Crippen LogP contribution in [-0.4, -0.2) is 43.2 Å². The molecule has 3 aromatic heterocycles. The third kappa shape index (κ3) is 4.59. The summed E-state index contributed by atoms with van der Waals surface area (Å²) in [5.41, 5.74) is 7.47. The number of hydrogen-bond donors (Lipinski definition) is 3. The number of nitrogens with one attached hydrogen (secondary N) is 2. The van der Waals surface area contributed by atoms with E-state index in [0.717, 1.165) is 37.7 Å². The summed E-state index contributed by atoms with van der Waals surface area (Å²) in [7, 11) is 0. The summed E-state index contributed by atoms with van der Waals surface area (Å²) in [5, 5.41) is 11.3.